The maximum absolute atomic E-state index is 12.5. The summed E-state index contributed by atoms with van der Waals surface area (Å²) in [7, 11) is 0. The molecule has 0 radical (unpaired) electrons. The van der Waals surface area contributed by atoms with Gasteiger partial charge in [0, 0.05) is 26.1 Å². The van der Waals surface area contributed by atoms with E-state index in [0.717, 1.165) is 38.8 Å². The number of carbonyl (C=O) groups excluding carboxylic acids is 2. The molecule has 120 valence electrons. The smallest absolute Gasteiger partial charge is 0.245 e. The lowest BCUT2D eigenvalue weighted by atomic mass is 10.0. The van der Waals surface area contributed by atoms with Crippen LogP contribution in [0.4, 0.5) is 0 Å². The zero-order valence-electron chi connectivity index (χ0n) is 13.3. The highest BCUT2D eigenvalue weighted by molar-refractivity contribution is 5.89. The van der Waals surface area contributed by atoms with Gasteiger partial charge in [0.15, 0.2) is 0 Å². The molecule has 5 heteroatoms. The summed E-state index contributed by atoms with van der Waals surface area (Å²) in [6.45, 7) is 6.31. The monoisotopic (exact) mass is 296 g/mol. The summed E-state index contributed by atoms with van der Waals surface area (Å²) in [4.78, 5) is 26.1. The number of nitrogens with zero attached hydrogens (tertiary/aromatic N) is 1. The van der Waals surface area contributed by atoms with Crippen molar-refractivity contribution in [3.8, 4) is 0 Å². The van der Waals surface area contributed by atoms with Crippen molar-refractivity contribution in [1.82, 2.24) is 10.2 Å². The zero-order chi connectivity index (χ0) is 15.2. The summed E-state index contributed by atoms with van der Waals surface area (Å²) < 4.78 is 5.61. The van der Waals surface area contributed by atoms with Crippen molar-refractivity contribution in [1.29, 1.82) is 0 Å². The molecule has 2 rings (SSSR count). The topological polar surface area (TPSA) is 58.6 Å². The van der Waals surface area contributed by atoms with Crippen LogP contribution in [0.3, 0.4) is 0 Å². The minimum absolute atomic E-state index is 0.00405. The molecule has 2 heterocycles. The van der Waals surface area contributed by atoms with E-state index in [4.69, 9.17) is 4.74 Å². The van der Waals surface area contributed by atoms with E-state index in [2.05, 4.69) is 19.2 Å². The summed E-state index contributed by atoms with van der Waals surface area (Å²) in [6, 6.07) is -0.345. The van der Waals surface area contributed by atoms with E-state index < -0.39 is 0 Å². The van der Waals surface area contributed by atoms with Crippen LogP contribution < -0.4 is 5.32 Å². The Hall–Kier alpha value is -1.10. The van der Waals surface area contributed by atoms with Crippen LogP contribution in [0.1, 0.15) is 52.4 Å². The molecular formula is C16H28N2O3. The molecule has 21 heavy (non-hydrogen) atoms. The van der Waals surface area contributed by atoms with Gasteiger partial charge in [-0.05, 0) is 38.0 Å². The lowest BCUT2D eigenvalue weighted by Crippen LogP contribution is -2.45. The van der Waals surface area contributed by atoms with Crippen LogP contribution in [0.5, 0.6) is 0 Å². The molecule has 2 fully saturated rings. The largest absolute Gasteiger partial charge is 0.378 e. The fourth-order valence-electron chi connectivity index (χ4n) is 3.13. The third-order valence-electron chi connectivity index (χ3n) is 4.24. The Kier molecular flexibility index (Phi) is 6.03. The number of nitrogens with one attached hydrogen (secondary N) is 1. The summed E-state index contributed by atoms with van der Waals surface area (Å²) in [6.07, 6.45) is 5.77. The van der Waals surface area contributed by atoms with Gasteiger partial charge < -0.3 is 15.0 Å². The second-order valence-corrected chi connectivity index (χ2v) is 6.60. The molecule has 0 saturated carbocycles. The lowest BCUT2D eigenvalue weighted by molar-refractivity contribution is -0.134. The van der Waals surface area contributed by atoms with Gasteiger partial charge in [-0.1, -0.05) is 13.8 Å². The van der Waals surface area contributed by atoms with Crippen LogP contribution >= 0.6 is 0 Å². The fraction of sp³-hybridized carbons (Fsp3) is 0.875. The number of amides is 2. The summed E-state index contributed by atoms with van der Waals surface area (Å²) in [5.41, 5.74) is 0. The van der Waals surface area contributed by atoms with Crippen LogP contribution in [0.2, 0.25) is 0 Å². The fourth-order valence-corrected chi connectivity index (χ4v) is 3.13. The molecule has 0 aliphatic carbocycles. The van der Waals surface area contributed by atoms with Crippen molar-refractivity contribution in [2.24, 2.45) is 5.92 Å². The van der Waals surface area contributed by atoms with E-state index in [9.17, 15) is 9.59 Å². The van der Waals surface area contributed by atoms with Gasteiger partial charge in [0.25, 0.3) is 0 Å². The number of rotatable bonds is 6. The highest BCUT2D eigenvalue weighted by Gasteiger charge is 2.30. The van der Waals surface area contributed by atoms with Gasteiger partial charge in [0.1, 0.15) is 6.04 Å². The van der Waals surface area contributed by atoms with E-state index >= 15 is 0 Å². The summed E-state index contributed by atoms with van der Waals surface area (Å²) in [5.74, 6) is 0.476. The predicted octanol–water partition coefficient (Wildman–Crippen LogP) is 1.71. The molecule has 0 aromatic carbocycles. The standard InChI is InChI=1S/C16H28N2O3/c1-12(2)11-14-16(20)18(9-7-15(19)17-14)8-3-5-13-6-4-10-21-13/h12-14H,3-11H2,1-2H3,(H,17,19). The Bertz CT molecular complexity index is 365. The lowest BCUT2D eigenvalue weighted by Gasteiger charge is -2.25. The molecule has 2 aliphatic heterocycles. The van der Waals surface area contributed by atoms with Crippen molar-refractivity contribution >= 4 is 11.8 Å². The van der Waals surface area contributed by atoms with Crippen molar-refractivity contribution in [3.05, 3.63) is 0 Å². The van der Waals surface area contributed by atoms with Crippen LogP contribution in [-0.4, -0.2) is 48.6 Å². The van der Waals surface area contributed by atoms with Gasteiger partial charge in [0.2, 0.25) is 11.8 Å². The van der Waals surface area contributed by atoms with E-state index in [-0.39, 0.29) is 17.9 Å². The molecule has 2 atom stereocenters. The first kappa shape index (κ1) is 16.3. The minimum atomic E-state index is -0.345. The Morgan fingerprint density at radius 1 is 1.38 bits per heavy atom. The van der Waals surface area contributed by atoms with Gasteiger partial charge in [-0.15, -0.1) is 0 Å². The van der Waals surface area contributed by atoms with Gasteiger partial charge >= 0.3 is 0 Å². The second-order valence-electron chi connectivity index (χ2n) is 6.60. The van der Waals surface area contributed by atoms with Crippen molar-refractivity contribution in [2.75, 3.05) is 19.7 Å². The SMILES string of the molecule is CC(C)CC1NC(=O)CCN(CCCC2CCCO2)C1=O. The van der Waals surface area contributed by atoms with Crippen molar-refractivity contribution in [3.63, 3.8) is 0 Å². The molecule has 2 saturated heterocycles. The Morgan fingerprint density at radius 2 is 2.19 bits per heavy atom. The van der Waals surface area contributed by atoms with E-state index in [1.165, 1.54) is 0 Å². The van der Waals surface area contributed by atoms with Crippen LogP contribution in [0.25, 0.3) is 0 Å². The first-order chi connectivity index (χ1) is 10.1. The van der Waals surface area contributed by atoms with Gasteiger partial charge in [0.05, 0.1) is 6.10 Å². The van der Waals surface area contributed by atoms with Crippen molar-refractivity contribution in [2.45, 2.75) is 64.5 Å². The van der Waals surface area contributed by atoms with Crippen LogP contribution in [-0.2, 0) is 14.3 Å². The highest BCUT2D eigenvalue weighted by Crippen LogP contribution is 2.18. The normalized spacial score (nSPS) is 27.1. The van der Waals surface area contributed by atoms with Crippen LogP contribution in [0, 0.1) is 5.92 Å². The molecule has 0 bridgehead atoms. The predicted molar refractivity (Wildman–Crippen MR) is 80.8 cm³/mol. The van der Waals surface area contributed by atoms with Crippen molar-refractivity contribution < 1.29 is 14.3 Å². The number of hydrogen-bond acceptors (Lipinski definition) is 3. The van der Waals surface area contributed by atoms with Crippen LogP contribution in [0.15, 0.2) is 0 Å². The van der Waals surface area contributed by atoms with E-state index in [1.807, 2.05) is 4.90 Å². The first-order valence-corrected chi connectivity index (χ1v) is 8.26. The van der Waals surface area contributed by atoms with Gasteiger partial charge in [-0.2, -0.15) is 0 Å². The maximum atomic E-state index is 12.5. The number of hydrogen-bond donors (Lipinski definition) is 1. The zero-order valence-corrected chi connectivity index (χ0v) is 13.3. The summed E-state index contributed by atoms with van der Waals surface area (Å²) >= 11 is 0. The number of ether oxygens (including phenoxy) is 1. The first-order valence-electron chi connectivity index (χ1n) is 8.26. The average molecular weight is 296 g/mol. The molecule has 1 N–H and O–H groups in total. The van der Waals surface area contributed by atoms with Gasteiger partial charge in [-0.25, -0.2) is 0 Å². The average Bonchev–Trinajstić information content (AvgIpc) is 2.89. The number of carbonyl (C=O) groups is 2. The third-order valence-corrected chi connectivity index (χ3v) is 4.24. The molecular weight excluding hydrogens is 268 g/mol. The Labute approximate surface area is 127 Å². The maximum Gasteiger partial charge on any atom is 0.245 e. The minimum Gasteiger partial charge on any atom is -0.378 e. The second kappa shape index (κ2) is 7.78. The third kappa shape index (κ3) is 4.99. The molecule has 0 aromatic rings. The molecule has 0 spiro atoms. The van der Waals surface area contributed by atoms with E-state index in [1.54, 1.807) is 0 Å². The molecule has 2 unspecified atom stereocenters. The molecule has 2 amide bonds. The quantitative estimate of drug-likeness (QED) is 0.812. The molecule has 0 aromatic heterocycles. The molecule has 2 aliphatic rings. The molecule has 5 nitrogen and oxygen atoms in total. The van der Waals surface area contributed by atoms with Gasteiger partial charge in [-0.3, -0.25) is 9.59 Å². The highest BCUT2D eigenvalue weighted by atomic mass is 16.5. The van der Waals surface area contributed by atoms with E-state index in [0.29, 0.717) is 31.4 Å². The Balaban J connectivity index is 1.84. The summed E-state index contributed by atoms with van der Waals surface area (Å²) in [5, 5.41) is 2.87. The Morgan fingerprint density at radius 3 is 2.86 bits per heavy atom.